The summed E-state index contributed by atoms with van der Waals surface area (Å²) >= 11 is 0. The van der Waals surface area contributed by atoms with E-state index >= 15 is 0 Å². The smallest absolute Gasteiger partial charge is 0.410 e. The molecule has 160 valence electrons. The number of ether oxygens (including phenoxy) is 1. The van der Waals surface area contributed by atoms with E-state index in [0.29, 0.717) is 6.42 Å². The van der Waals surface area contributed by atoms with Gasteiger partial charge in [-0.05, 0) is 37.1 Å². The van der Waals surface area contributed by atoms with Gasteiger partial charge in [0.15, 0.2) is 6.61 Å². The minimum Gasteiger partial charge on any atom is -0.443 e. The lowest BCUT2D eigenvalue weighted by Gasteiger charge is -2.36. The van der Waals surface area contributed by atoms with Crippen LogP contribution in [-0.4, -0.2) is 49.2 Å². The van der Waals surface area contributed by atoms with Crippen LogP contribution in [0.15, 0.2) is 18.2 Å². The van der Waals surface area contributed by atoms with Gasteiger partial charge in [-0.1, -0.05) is 38.9 Å². The number of cyclic esters (lactones) is 1. The highest BCUT2D eigenvalue weighted by atomic mass is 28.3. The summed E-state index contributed by atoms with van der Waals surface area (Å²) in [5, 5.41) is 2.05. The van der Waals surface area contributed by atoms with Gasteiger partial charge in [0.05, 0.1) is 6.54 Å². The third-order valence-corrected chi connectivity index (χ3v) is 12.1. The minimum absolute atomic E-state index is 0.319. The van der Waals surface area contributed by atoms with E-state index in [-0.39, 0.29) is 5.82 Å². The molecule has 1 N–H and O–H groups in total. The molecule has 0 bridgehead atoms. The lowest BCUT2D eigenvalue weighted by Crippen LogP contribution is -2.54. The summed E-state index contributed by atoms with van der Waals surface area (Å²) in [5.74, 6) is -3.37. The van der Waals surface area contributed by atoms with Crippen LogP contribution in [0.5, 0.6) is 0 Å². The first kappa shape index (κ1) is 21.7. The van der Waals surface area contributed by atoms with E-state index in [1.807, 2.05) is 0 Å². The summed E-state index contributed by atoms with van der Waals surface area (Å²) < 4.78 is 46.2. The minimum atomic E-state index is -3.05. The fourth-order valence-corrected chi connectivity index (χ4v) is 8.36. The van der Waals surface area contributed by atoms with Gasteiger partial charge in [0, 0.05) is 22.3 Å². The van der Waals surface area contributed by atoms with Crippen LogP contribution in [0.4, 0.5) is 18.0 Å². The predicted molar refractivity (Wildman–Crippen MR) is 111 cm³/mol. The second kappa shape index (κ2) is 8.05. The van der Waals surface area contributed by atoms with Crippen LogP contribution < -0.4 is 5.32 Å². The average Bonchev–Trinajstić information content (AvgIpc) is 3.03. The molecule has 1 fully saturated rings. The zero-order valence-electron chi connectivity index (χ0n) is 17.4. The average molecular weight is 427 g/mol. The van der Waals surface area contributed by atoms with E-state index in [0.717, 1.165) is 44.8 Å². The molecule has 1 aromatic carbocycles. The maximum Gasteiger partial charge on any atom is 0.410 e. The number of benzene rings is 1. The van der Waals surface area contributed by atoms with Gasteiger partial charge in [-0.2, -0.15) is 0 Å². The van der Waals surface area contributed by atoms with Gasteiger partial charge in [0.25, 0.3) is 5.92 Å². The van der Waals surface area contributed by atoms with E-state index in [2.05, 4.69) is 25.8 Å². The van der Waals surface area contributed by atoms with Gasteiger partial charge >= 0.3 is 6.09 Å². The molecule has 1 amide bonds. The number of nitrogens with zero attached hydrogens (tertiary/aromatic N) is 1. The van der Waals surface area contributed by atoms with E-state index in [9.17, 15) is 18.0 Å². The third-order valence-electron chi connectivity index (χ3n) is 6.50. The fourth-order valence-electron chi connectivity index (χ4n) is 4.52. The van der Waals surface area contributed by atoms with Gasteiger partial charge < -0.3 is 9.72 Å². The van der Waals surface area contributed by atoms with Crippen molar-refractivity contribution in [2.75, 3.05) is 13.2 Å². The number of alkyl halides is 2. The number of nitrogens with one attached hydrogen (secondary N) is 1. The van der Waals surface area contributed by atoms with Gasteiger partial charge in [0.1, 0.15) is 13.9 Å². The Morgan fingerprint density at radius 2 is 1.90 bits per heavy atom. The van der Waals surface area contributed by atoms with Crippen molar-refractivity contribution in [3.8, 4) is 0 Å². The number of aromatic amines is 1. The molecule has 1 aliphatic rings. The Morgan fingerprint density at radius 1 is 1.24 bits per heavy atom. The van der Waals surface area contributed by atoms with Crippen molar-refractivity contribution in [3.63, 3.8) is 0 Å². The van der Waals surface area contributed by atoms with Crippen LogP contribution in [0, 0.1) is 5.82 Å². The summed E-state index contributed by atoms with van der Waals surface area (Å²) in [7, 11) is -1.86. The largest absolute Gasteiger partial charge is 0.443 e. The third kappa shape index (κ3) is 4.04. The van der Waals surface area contributed by atoms with Crippen LogP contribution in [0.3, 0.4) is 0 Å². The number of carbonyl (C=O) groups is 1. The van der Waals surface area contributed by atoms with Crippen molar-refractivity contribution in [3.05, 3.63) is 29.6 Å². The number of halogens is 3. The Balaban J connectivity index is 2.05. The van der Waals surface area contributed by atoms with Crippen LogP contribution in [-0.2, 0) is 11.2 Å². The maximum absolute atomic E-state index is 13.8. The number of rotatable bonds is 7. The molecule has 1 aliphatic heterocycles. The molecule has 2 aromatic rings. The normalized spacial score (nSPS) is 18.2. The van der Waals surface area contributed by atoms with Gasteiger partial charge in [-0.25, -0.2) is 18.0 Å². The monoisotopic (exact) mass is 426 g/mol. The lowest BCUT2D eigenvalue weighted by atomic mass is 10.0. The number of carbonyl (C=O) groups excluding carboxylic acids is 1. The lowest BCUT2D eigenvalue weighted by molar-refractivity contribution is -0.112. The quantitative estimate of drug-likeness (QED) is 0.631. The summed E-state index contributed by atoms with van der Waals surface area (Å²) in [4.78, 5) is 16.7. The topological polar surface area (TPSA) is 45.3 Å². The molecule has 3 rings (SSSR count). The Morgan fingerprint density at radius 3 is 2.52 bits per heavy atom. The van der Waals surface area contributed by atoms with Gasteiger partial charge in [-0.15, -0.1) is 0 Å². The summed E-state index contributed by atoms with van der Waals surface area (Å²) in [5.41, 5.74) is 1.74. The molecule has 1 aromatic heterocycles. The highest BCUT2D eigenvalue weighted by Gasteiger charge is 2.43. The van der Waals surface area contributed by atoms with Gasteiger partial charge in [-0.3, -0.25) is 4.90 Å². The molecule has 0 spiro atoms. The Labute approximate surface area is 170 Å². The van der Waals surface area contributed by atoms with E-state index in [1.54, 1.807) is 13.0 Å². The molecule has 1 saturated heterocycles. The molecule has 2 heterocycles. The standard InChI is InChI=1S/C21H29F3N2O2Si/c1-5-29(6-2,7-3)19-17(16-9-8-15(22)11-18(16)25-19)10-14(4)26-12-21(23,24)13-28-20(26)27/h8-9,11,14,25H,5-7,10,12-13H2,1-4H3/t14-/m1/s1. The van der Waals surface area contributed by atoms with Crippen molar-refractivity contribution in [1.29, 1.82) is 0 Å². The number of H-pyrrole nitrogens is 1. The highest BCUT2D eigenvalue weighted by Crippen LogP contribution is 2.30. The molecule has 0 aliphatic carbocycles. The summed E-state index contributed by atoms with van der Waals surface area (Å²) in [6.07, 6.45) is -0.290. The number of fused-ring (bicyclic) bond motifs is 1. The van der Waals surface area contributed by atoms with Crippen molar-refractivity contribution < 1.29 is 22.7 Å². The zero-order chi connectivity index (χ0) is 21.4. The number of amides is 1. The molecule has 8 heteroatoms. The number of aromatic nitrogens is 1. The number of hydrogen-bond acceptors (Lipinski definition) is 2. The van der Waals surface area contributed by atoms with E-state index in [4.69, 9.17) is 4.74 Å². The molecule has 0 unspecified atom stereocenters. The van der Waals surface area contributed by atoms with Crippen LogP contribution in [0.25, 0.3) is 10.9 Å². The first-order valence-electron chi connectivity index (χ1n) is 10.3. The van der Waals surface area contributed by atoms with Crippen LogP contribution in [0.1, 0.15) is 33.3 Å². The molecule has 0 saturated carbocycles. The second-order valence-corrected chi connectivity index (χ2v) is 13.3. The molecule has 0 radical (unpaired) electrons. The van der Waals surface area contributed by atoms with Crippen molar-refractivity contribution in [2.45, 2.75) is 64.2 Å². The SMILES string of the molecule is CC[Si](CC)(CC)c1[nH]c2cc(F)ccc2c1C[C@@H](C)N1CC(F)(F)COC1=O. The molecule has 1 atom stereocenters. The van der Waals surface area contributed by atoms with Crippen molar-refractivity contribution in [1.82, 2.24) is 9.88 Å². The van der Waals surface area contributed by atoms with Crippen molar-refractivity contribution >= 4 is 30.4 Å². The fraction of sp³-hybridized carbons (Fsp3) is 0.571. The predicted octanol–water partition coefficient (Wildman–Crippen LogP) is 5.04. The van der Waals surface area contributed by atoms with Crippen LogP contribution >= 0.6 is 0 Å². The summed E-state index contributed by atoms with van der Waals surface area (Å²) in [6.45, 7) is 6.80. The molecule has 4 nitrogen and oxygen atoms in total. The Bertz CT molecular complexity index is 887. The van der Waals surface area contributed by atoms with E-state index < -0.39 is 39.3 Å². The maximum atomic E-state index is 13.8. The van der Waals surface area contributed by atoms with Crippen molar-refractivity contribution in [2.24, 2.45) is 0 Å². The number of hydrogen-bond donors (Lipinski definition) is 1. The first-order chi connectivity index (χ1) is 13.7. The van der Waals surface area contributed by atoms with E-state index in [1.165, 1.54) is 12.1 Å². The second-order valence-electron chi connectivity index (χ2n) is 8.10. The Hall–Kier alpha value is -1.96. The highest BCUT2D eigenvalue weighted by molar-refractivity contribution is 6.91. The molecular weight excluding hydrogens is 397 g/mol. The Kier molecular flexibility index (Phi) is 6.03. The first-order valence-corrected chi connectivity index (χ1v) is 12.9. The molecule has 29 heavy (non-hydrogen) atoms. The van der Waals surface area contributed by atoms with Gasteiger partial charge in [0.2, 0.25) is 0 Å². The molecular formula is C21H29F3N2O2Si. The summed E-state index contributed by atoms with van der Waals surface area (Å²) in [6, 6.07) is 7.27. The van der Waals surface area contributed by atoms with Crippen LogP contribution in [0.2, 0.25) is 18.1 Å². The zero-order valence-corrected chi connectivity index (χ0v) is 18.4.